The van der Waals surface area contributed by atoms with Crippen LogP contribution in [0, 0.1) is 5.41 Å². The van der Waals surface area contributed by atoms with Gasteiger partial charge >= 0.3 is 0 Å². The van der Waals surface area contributed by atoms with Gasteiger partial charge in [-0.2, -0.15) is 0 Å². The zero-order valence-corrected chi connectivity index (χ0v) is 13.2. The van der Waals surface area contributed by atoms with E-state index < -0.39 is 0 Å². The van der Waals surface area contributed by atoms with E-state index in [1.807, 2.05) is 18.2 Å². The van der Waals surface area contributed by atoms with Gasteiger partial charge in [-0.15, -0.1) is 0 Å². The van der Waals surface area contributed by atoms with Crippen LogP contribution in [0.1, 0.15) is 45.2 Å². The van der Waals surface area contributed by atoms with Crippen molar-refractivity contribution in [3.63, 3.8) is 0 Å². The molecular formula is C16H26ClNO. The lowest BCUT2D eigenvalue weighted by Crippen LogP contribution is -2.38. The number of aliphatic hydroxyl groups excluding tert-OH is 1. The van der Waals surface area contributed by atoms with Crippen molar-refractivity contribution in [1.29, 1.82) is 0 Å². The van der Waals surface area contributed by atoms with Crippen molar-refractivity contribution in [1.82, 2.24) is 4.90 Å². The van der Waals surface area contributed by atoms with E-state index in [1.54, 1.807) is 0 Å². The Kier molecular flexibility index (Phi) is 6.31. The molecule has 19 heavy (non-hydrogen) atoms. The average Bonchev–Trinajstić information content (AvgIpc) is 2.44. The van der Waals surface area contributed by atoms with Gasteiger partial charge in [0.15, 0.2) is 0 Å². The van der Waals surface area contributed by atoms with Crippen molar-refractivity contribution in [2.24, 2.45) is 5.41 Å². The van der Waals surface area contributed by atoms with E-state index in [-0.39, 0.29) is 12.0 Å². The van der Waals surface area contributed by atoms with Gasteiger partial charge in [0.05, 0.1) is 0 Å². The molecule has 0 aliphatic rings. The van der Waals surface area contributed by atoms with Crippen LogP contribution in [0.15, 0.2) is 24.3 Å². The Balaban J connectivity index is 2.79. The SMILES string of the molecule is CCC(CC)(CO)CN(C)C(C)c1cccc(Cl)c1. The highest BCUT2D eigenvalue weighted by atomic mass is 35.5. The van der Waals surface area contributed by atoms with Crippen LogP contribution in [0.2, 0.25) is 5.02 Å². The summed E-state index contributed by atoms with van der Waals surface area (Å²) in [6.07, 6.45) is 1.99. The monoisotopic (exact) mass is 283 g/mol. The molecule has 0 aliphatic carbocycles. The number of rotatable bonds is 7. The summed E-state index contributed by atoms with van der Waals surface area (Å²) in [7, 11) is 2.11. The number of hydrogen-bond donors (Lipinski definition) is 1. The van der Waals surface area contributed by atoms with Crippen molar-refractivity contribution in [2.45, 2.75) is 39.7 Å². The predicted molar refractivity (Wildman–Crippen MR) is 82.6 cm³/mol. The number of halogens is 1. The van der Waals surface area contributed by atoms with E-state index in [0.717, 1.165) is 24.4 Å². The van der Waals surface area contributed by atoms with E-state index in [1.165, 1.54) is 5.56 Å². The molecule has 0 amide bonds. The summed E-state index contributed by atoms with van der Waals surface area (Å²) in [4.78, 5) is 2.30. The maximum atomic E-state index is 9.67. The molecule has 1 aromatic carbocycles. The molecule has 1 N–H and O–H groups in total. The quantitative estimate of drug-likeness (QED) is 0.813. The van der Waals surface area contributed by atoms with Gasteiger partial charge in [0, 0.05) is 29.6 Å². The largest absolute Gasteiger partial charge is 0.396 e. The third kappa shape index (κ3) is 4.20. The number of hydrogen-bond acceptors (Lipinski definition) is 2. The zero-order chi connectivity index (χ0) is 14.5. The Morgan fingerprint density at radius 1 is 1.32 bits per heavy atom. The van der Waals surface area contributed by atoms with E-state index in [9.17, 15) is 5.11 Å². The third-order valence-electron chi connectivity index (χ3n) is 4.41. The van der Waals surface area contributed by atoms with Crippen LogP contribution >= 0.6 is 11.6 Å². The Hall–Kier alpha value is -0.570. The summed E-state index contributed by atoms with van der Waals surface area (Å²) in [5.41, 5.74) is 1.22. The number of benzene rings is 1. The molecule has 0 spiro atoms. The molecule has 1 aromatic rings. The lowest BCUT2D eigenvalue weighted by molar-refractivity contribution is 0.0622. The minimum atomic E-state index is 0.00157. The van der Waals surface area contributed by atoms with E-state index >= 15 is 0 Å². The molecule has 3 heteroatoms. The van der Waals surface area contributed by atoms with Crippen molar-refractivity contribution >= 4 is 11.6 Å². The maximum Gasteiger partial charge on any atom is 0.0499 e. The van der Waals surface area contributed by atoms with Crippen molar-refractivity contribution in [2.75, 3.05) is 20.2 Å². The first-order valence-corrected chi connectivity index (χ1v) is 7.42. The van der Waals surface area contributed by atoms with Gasteiger partial charge in [-0.3, -0.25) is 4.90 Å². The fourth-order valence-corrected chi connectivity index (χ4v) is 2.63. The third-order valence-corrected chi connectivity index (χ3v) is 4.65. The fourth-order valence-electron chi connectivity index (χ4n) is 2.43. The summed E-state index contributed by atoms with van der Waals surface area (Å²) >= 11 is 6.05. The Morgan fingerprint density at radius 2 is 1.95 bits per heavy atom. The summed E-state index contributed by atoms with van der Waals surface area (Å²) in [5.74, 6) is 0. The minimum Gasteiger partial charge on any atom is -0.396 e. The van der Waals surface area contributed by atoms with Crippen LogP contribution in [-0.2, 0) is 0 Å². The standard InChI is InChI=1S/C16H26ClNO/c1-5-16(6-2,12-19)11-18(4)13(3)14-8-7-9-15(17)10-14/h7-10,13,19H,5-6,11-12H2,1-4H3. The van der Waals surface area contributed by atoms with E-state index in [2.05, 4.69) is 38.8 Å². The second-order valence-electron chi connectivity index (χ2n) is 5.51. The number of aliphatic hydroxyl groups is 1. The minimum absolute atomic E-state index is 0.00157. The first-order chi connectivity index (χ1) is 8.98. The van der Waals surface area contributed by atoms with Crippen molar-refractivity contribution in [3.05, 3.63) is 34.9 Å². The molecule has 0 fully saturated rings. The highest BCUT2D eigenvalue weighted by molar-refractivity contribution is 6.30. The van der Waals surface area contributed by atoms with Crippen LogP contribution in [0.4, 0.5) is 0 Å². The maximum absolute atomic E-state index is 9.67. The van der Waals surface area contributed by atoms with Crippen molar-refractivity contribution < 1.29 is 5.11 Å². The molecule has 0 saturated heterocycles. The topological polar surface area (TPSA) is 23.5 Å². The Labute approximate surface area is 122 Å². The van der Waals surface area contributed by atoms with Gasteiger partial charge in [-0.25, -0.2) is 0 Å². The van der Waals surface area contributed by atoms with Crippen molar-refractivity contribution in [3.8, 4) is 0 Å². The molecule has 0 radical (unpaired) electrons. The Morgan fingerprint density at radius 3 is 2.42 bits per heavy atom. The molecule has 1 rings (SSSR count). The molecule has 108 valence electrons. The molecule has 1 atom stereocenters. The lowest BCUT2D eigenvalue weighted by Gasteiger charge is -2.37. The fraction of sp³-hybridized carbons (Fsp3) is 0.625. The summed E-state index contributed by atoms with van der Waals surface area (Å²) in [6, 6.07) is 8.30. The van der Waals surface area contributed by atoms with Gasteiger partial charge in [0.25, 0.3) is 0 Å². The van der Waals surface area contributed by atoms with Crippen LogP contribution in [0.25, 0.3) is 0 Å². The lowest BCUT2D eigenvalue weighted by atomic mass is 9.82. The van der Waals surface area contributed by atoms with Gasteiger partial charge in [0.2, 0.25) is 0 Å². The van der Waals surface area contributed by atoms with Gasteiger partial charge in [-0.05, 0) is 44.5 Å². The van der Waals surface area contributed by atoms with Gasteiger partial charge in [-0.1, -0.05) is 37.6 Å². The smallest absolute Gasteiger partial charge is 0.0499 e. The predicted octanol–water partition coefficient (Wildman–Crippen LogP) is 4.13. The molecule has 0 aromatic heterocycles. The van der Waals surface area contributed by atoms with Crippen LogP contribution < -0.4 is 0 Å². The highest BCUT2D eigenvalue weighted by Crippen LogP contribution is 2.30. The zero-order valence-electron chi connectivity index (χ0n) is 12.5. The second kappa shape index (κ2) is 7.28. The first kappa shape index (κ1) is 16.5. The average molecular weight is 284 g/mol. The van der Waals surface area contributed by atoms with Crippen LogP contribution in [0.5, 0.6) is 0 Å². The molecule has 0 aliphatic heterocycles. The molecule has 0 saturated carbocycles. The Bertz CT molecular complexity index is 382. The number of nitrogens with zero attached hydrogens (tertiary/aromatic N) is 1. The summed E-state index contributed by atoms with van der Waals surface area (Å²) < 4.78 is 0. The molecule has 2 nitrogen and oxygen atoms in total. The van der Waals surface area contributed by atoms with Gasteiger partial charge in [0.1, 0.15) is 0 Å². The summed E-state index contributed by atoms with van der Waals surface area (Å²) in [5, 5.41) is 10.4. The first-order valence-electron chi connectivity index (χ1n) is 7.04. The van der Waals surface area contributed by atoms with Crippen LogP contribution in [-0.4, -0.2) is 30.2 Å². The molecular weight excluding hydrogens is 258 g/mol. The summed E-state index contributed by atoms with van der Waals surface area (Å²) in [6.45, 7) is 7.62. The van der Waals surface area contributed by atoms with E-state index in [4.69, 9.17) is 11.6 Å². The van der Waals surface area contributed by atoms with E-state index in [0.29, 0.717) is 6.04 Å². The second-order valence-corrected chi connectivity index (χ2v) is 5.95. The molecule has 1 unspecified atom stereocenters. The van der Waals surface area contributed by atoms with Crippen LogP contribution in [0.3, 0.4) is 0 Å². The molecule has 0 heterocycles. The highest BCUT2D eigenvalue weighted by Gasteiger charge is 2.28. The molecule has 0 bridgehead atoms. The van der Waals surface area contributed by atoms with Gasteiger partial charge < -0.3 is 5.11 Å². The normalized spacial score (nSPS) is 13.8.